The normalized spacial score (nSPS) is 14.3. The van der Waals surface area contributed by atoms with E-state index in [1.54, 1.807) is 30.5 Å². The molecule has 1 aromatic carbocycles. The summed E-state index contributed by atoms with van der Waals surface area (Å²) in [5.74, 6) is -11.4. The van der Waals surface area contributed by atoms with E-state index in [2.05, 4.69) is 75.1 Å². The van der Waals surface area contributed by atoms with Crippen molar-refractivity contribution in [3.8, 4) is 0 Å². The van der Waals surface area contributed by atoms with Crippen molar-refractivity contribution in [2.75, 3.05) is 32.0 Å². The Morgan fingerprint density at radius 3 is 1.48 bits per heavy atom. The van der Waals surface area contributed by atoms with Crippen LogP contribution in [0.1, 0.15) is 77.7 Å². The molecule has 9 atom stereocenters. The lowest BCUT2D eigenvalue weighted by Crippen LogP contribution is -2.61. The van der Waals surface area contributed by atoms with Gasteiger partial charge in [-0.1, -0.05) is 32.0 Å². The SMILES string of the molecule is CC(C)[C@H](NC(=O)[C@H](CO)NC(=O)[C@H](CCCN=C(N)N)NC(=O)[C@H](CCCN=C(N)N)NC(=O)[C@@H](N)CCCN=C(N)N)C(=O)N[C@@H](CCC(N)=O)C(=O)N[C@@H](Cc1c[nH]c2ccccc12)C(=O)N[C@@H](CS)C(=O)N[C@@H](C)C(=O)O. The van der Waals surface area contributed by atoms with E-state index in [0.29, 0.717) is 22.9 Å². The van der Waals surface area contributed by atoms with Gasteiger partial charge in [-0.05, 0) is 69.4 Å². The number of carboxylic acids is 1. The molecular formula is C48H80N20O12S. The molecule has 0 radical (unpaired) electrons. The lowest BCUT2D eigenvalue weighted by atomic mass is 10.0. The first-order valence-electron chi connectivity index (χ1n) is 25.8. The maximum absolute atomic E-state index is 14.3. The average Bonchev–Trinajstić information content (AvgIpc) is 3.81. The maximum atomic E-state index is 14.3. The van der Waals surface area contributed by atoms with Gasteiger partial charge in [-0.25, -0.2) is 0 Å². The fourth-order valence-corrected chi connectivity index (χ4v) is 7.92. The van der Waals surface area contributed by atoms with E-state index in [4.69, 9.17) is 45.9 Å². The number of H-pyrrole nitrogens is 1. The van der Waals surface area contributed by atoms with Crippen LogP contribution >= 0.6 is 12.6 Å². The Labute approximate surface area is 472 Å². The van der Waals surface area contributed by atoms with E-state index in [0.717, 1.165) is 0 Å². The number of guanidine groups is 3. The monoisotopic (exact) mass is 1160 g/mol. The second-order valence-corrected chi connectivity index (χ2v) is 19.4. The van der Waals surface area contributed by atoms with E-state index < -0.39 is 139 Å². The zero-order chi connectivity index (χ0) is 60.9. The van der Waals surface area contributed by atoms with Crippen LogP contribution in [-0.4, -0.2) is 179 Å². The van der Waals surface area contributed by atoms with Gasteiger partial charge in [0.2, 0.25) is 53.2 Å². The van der Waals surface area contributed by atoms with Crippen LogP contribution in [0.5, 0.6) is 0 Å². The Morgan fingerprint density at radius 1 is 0.556 bits per heavy atom. The topological polar surface area (TPSA) is 568 Å². The lowest BCUT2D eigenvalue weighted by Gasteiger charge is -2.29. The average molecular weight is 1160 g/mol. The summed E-state index contributed by atoms with van der Waals surface area (Å²) < 4.78 is 0. The number of nitrogens with two attached hydrogens (primary N) is 8. The number of rotatable bonds is 37. The number of aromatic amines is 1. The molecule has 0 unspecified atom stereocenters. The number of carboxylic acid groups (broad SMARTS) is 1. The predicted octanol–water partition coefficient (Wildman–Crippen LogP) is -6.97. The molecule has 33 heteroatoms. The summed E-state index contributed by atoms with van der Waals surface area (Å²) in [6.45, 7) is 3.45. The molecular weight excluding hydrogens is 1080 g/mol. The molecule has 2 aromatic rings. The molecule has 0 aliphatic carbocycles. The molecule has 32 nitrogen and oxygen atoms in total. The number of aliphatic hydroxyl groups excluding tert-OH is 1. The van der Waals surface area contributed by atoms with Crippen LogP contribution < -0.4 is 88.4 Å². The number of thiol groups is 1. The number of hydrogen-bond acceptors (Lipinski definition) is 16. The summed E-state index contributed by atoms with van der Waals surface area (Å²) >= 11 is 4.16. The second-order valence-electron chi connectivity index (χ2n) is 19.1. The van der Waals surface area contributed by atoms with Gasteiger partial charge in [-0.3, -0.25) is 62.9 Å². The first-order chi connectivity index (χ1) is 38.2. The van der Waals surface area contributed by atoms with E-state index >= 15 is 0 Å². The first kappa shape index (κ1) is 68.6. The standard InChI is InChI=1S/C48H80N20O12S/c1-23(2)36(44(78)64-31(14-15-35(50)70)40(74)65-32(19-25-20-60-28-11-5-4-9-26(25)28)41(75)67-34(22-81)43(77)61-24(3)45(79)80)68-42(76)33(21-69)66-39(73)30(13-8-18-59-48(55)56)63-38(72)29(12-7-17-58-47(53)54)62-37(71)27(49)10-6-16-57-46(51)52/h4-5,9,11,20,23-24,27,29-34,36,60,69,81H,6-8,10,12-19,21-22,49H2,1-3H3,(H2,50,70)(H,61,77)(H,62,71)(H,63,72)(H,64,78)(H,65,74)(H,66,73)(H,67,75)(H,68,76)(H,79,80)(H4,51,52,57)(H4,53,54,58)(H4,55,56,59)/t24-,27-,29-,30-,31-,32-,33-,34-,36-/m0/s1. The number of benzene rings is 1. The van der Waals surface area contributed by atoms with Gasteiger partial charge in [0, 0.05) is 55.3 Å². The number of aromatic nitrogens is 1. The summed E-state index contributed by atoms with van der Waals surface area (Å²) in [6.07, 6.45) is 1.05. The molecule has 27 N–H and O–H groups in total. The van der Waals surface area contributed by atoms with Gasteiger partial charge in [0.05, 0.1) is 12.6 Å². The van der Waals surface area contributed by atoms with Crippen molar-refractivity contribution in [2.45, 2.75) is 133 Å². The van der Waals surface area contributed by atoms with E-state index in [1.807, 2.05) is 0 Å². The molecule has 0 aliphatic heterocycles. The number of carbonyl (C=O) groups excluding carboxylic acids is 9. The molecule has 81 heavy (non-hydrogen) atoms. The number of nitrogens with zero attached hydrogens (tertiary/aromatic N) is 3. The Hall–Kier alpha value is -8.46. The zero-order valence-corrected chi connectivity index (χ0v) is 46.3. The summed E-state index contributed by atoms with van der Waals surface area (Å²) in [7, 11) is 0. The third kappa shape index (κ3) is 25.0. The highest BCUT2D eigenvalue weighted by atomic mass is 32.1. The quantitative estimate of drug-likeness (QED) is 0.0129. The lowest BCUT2D eigenvalue weighted by molar-refractivity contribution is -0.141. The fraction of sp³-hybridized carbons (Fsp3) is 0.562. The van der Waals surface area contributed by atoms with Crippen molar-refractivity contribution in [3.63, 3.8) is 0 Å². The van der Waals surface area contributed by atoms with Crippen molar-refractivity contribution in [1.82, 2.24) is 47.5 Å². The third-order valence-electron chi connectivity index (χ3n) is 12.1. The molecule has 1 heterocycles. The largest absolute Gasteiger partial charge is 0.480 e. The van der Waals surface area contributed by atoms with Gasteiger partial charge < -0.3 is 104 Å². The van der Waals surface area contributed by atoms with Gasteiger partial charge >= 0.3 is 5.97 Å². The second kappa shape index (κ2) is 35.2. The van der Waals surface area contributed by atoms with Crippen molar-refractivity contribution >= 4 is 101 Å². The summed E-state index contributed by atoms with van der Waals surface area (Å²) in [6, 6.07) is -5.91. The van der Waals surface area contributed by atoms with Crippen LogP contribution in [0, 0.1) is 5.92 Å². The van der Waals surface area contributed by atoms with Crippen LogP contribution in [0.3, 0.4) is 0 Å². The maximum Gasteiger partial charge on any atom is 0.325 e. The van der Waals surface area contributed by atoms with Gasteiger partial charge in [0.25, 0.3) is 0 Å². The number of aliphatic carboxylic acids is 1. The van der Waals surface area contributed by atoms with Crippen molar-refractivity contribution < 1.29 is 58.2 Å². The molecule has 0 fully saturated rings. The first-order valence-corrected chi connectivity index (χ1v) is 26.4. The molecule has 0 saturated heterocycles. The highest BCUT2D eigenvalue weighted by Crippen LogP contribution is 2.20. The smallest absolute Gasteiger partial charge is 0.325 e. The van der Waals surface area contributed by atoms with E-state index in [1.165, 1.54) is 20.8 Å². The highest BCUT2D eigenvalue weighted by molar-refractivity contribution is 7.80. The van der Waals surface area contributed by atoms with Crippen LogP contribution in [0.2, 0.25) is 0 Å². The molecule has 0 spiro atoms. The highest BCUT2D eigenvalue weighted by Gasteiger charge is 2.36. The molecule has 0 saturated carbocycles. The third-order valence-corrected chi connectivity index (χ3v) is 12.5. The summed E-state index contributed by atoms with van der Waals surface area (Å²) in [4.78, 5) is 149. The molecule has 9 amide bonds. The number of fused-ring (bicyclic) bond motifs is 1. The Kier molecular flexibility index (Phi) is 29.8. The minimum Gasteiger partial charge on any atom is -0.480 e. The van der Waals surface area contributed by atoms with E-state index in [9.17, 15) is 58.2 Å². The molecule has 2 rings (SSSR count). The Morgan fingerprint density at radius 2 is 0.988 bits per heavy atom. The van der Waals surface area contributed by atoms with Crippen LogP contribution in [0.4, 0.5) is 0 Å². The van der Waals surface area contributed by atoms with Gasteiger partial charge in [-0.2, -0.15) is 12.6 Å². The van der Waals surface area contributed by atoms with Crippen molar-refractivity contribution in [1.29, 1.82) is 0 Å². The van der Waals surface area contributed by atoms with Crippen molar-refractivity contribution in [3.05, 3.63) is 36.0 Å². The molecule has 1 aromatic heterocycles. The molecule has 0 aliphatic rings. The van der Waals surface area contributed by atoms with Gasteiger partial charge in [0.15, 0.2) is 17.9 Å². The van der Waals surface area contributed by atoms with Crippen LogP contribution in [0.25, 0.3) is 10.9 Å². The number of nitrogens with one attached hydrogen (secondary N) is 9. The van der Waals surface area contributed by atoms with Gasteiger partial charge in [0.1, 0.15) is 48.3 Å². The number of carbonyl (C=O) groups is 10. The zero-order valence-electron chi connectivity index (χ0n) is 45.4. The Bertz CT molecular complexity index is 2570. The Balaban J connectivity index is 2.43. The summed E-state index contributed by atoms with van der Waals surface area (Å²) in [5, 5.41) is 40.2. The number of aliphatic imine (C=N–C) groups is 3. The number of hydrogen-bond donors (Lipinski definition) is 20. The van der Waals surface area contributed by atoms with Crippen LogP contribution in [-0.2, 0) is 54.4 Å². The number of aliphatic hydroxyl groups is 1. The number of amides is 9. The van der Waals surface area contributed by atoms with E-state index in [-0.39, 0.29) is 81.8 Å². The number of para-hydroxylation sites is 1. The molecule has 0 bridgehead atoms. The van der Waals surface area contributed by atoms with Gasteiger partial charge in [-0.15, -0.1) is 0 Å². The molecule has 450 valence electrons. The van der Waals surface area contributed by atoms with Crippen LogP contribution in [0.15, 0.2) is 45.4 Å². The fourth-order valence-electron chi connectivity index (χ4n) is 7.66. The summed E-state index contributed by atoms with van der Waals surface area (Å²) in [5.41, 5.74) is 45.3. The predicted molar refractivity (Wildman–Crippen MR) is 303 cm³/mol. The minimum atomic E-state index is -1.77. The van der Waals surface area contributed by atoms with Crippen molar-refractivity contribution in [2.24, 2.45) is 66.8 Å². The minimum absolute atomic E-state index is 0.00824. The number of primary amides is 1.